The number of thiophene rings is 1. The largest absolute Gasteiger partial charge is 0.365 e. The minimum Gasteiger partial charge on any atom is -0.365 e. The molecule has 0 saturated heterocycles. The Hall–Kier alpha value is -2.05. The van der Waals surface area contributed by atoms with Crippen LogP contribution in [0.5, 0.6) is 0 Å². The first-order valence-electron chi connectivity index (χ1n) is 7.74. The van der Waals surface area contributed by atoms with Crippen LogP contribution in [-0.2, 0) is 12.8 Å². The highest BCUT2D eigenvalue weighted by atomic mass is 35.5. The minimum absolute atomic E-state index is 0.421. The normalized spacial score (nSPS) is 10.5. The number of primary amides is 1. The standard InChI is InChI=1S/C17H20ClN3O2S/c1-3-5-12-13(4-2)24-16(14(12)15(19)22)21-17(23)20-11-8-6-10(18)7-9-11/h6-9H,3-5H2,1-2H3,(H2,19,22)(H2,20,21,23). The Labute approximate surface area is 150 Å². The lowest BCUT2D eigenvalue weighted by atomic mass is 10.0. The molecule has 0 atom stereocenters. The molecule has 0 bridgehead atoms. The van der Waals surface area contributed by atoms with Crippen molar-refractivity contribution in [3.63, 3.8) is 0 Å². The Morgan fingerprint density at radius 1 is 1.17 bits per heavy atom. The monoisotopic (exact) mass is 365 g/mol. The Kier molecular flexibility index (Phi) is 6.23. The van der Waals surface area contributed by atoms with Gasteiger partial charge in [0.1, 0.15) is 5.00 Å². The third-order valence-corrected chi connectivity index (χ3v) is 5.03. The summed E-state index contributed by atoms with van der Waals surface area (Å²) in [5.74, 6) is -0.517. The number of hydrogen-bond acceptors (Lipinski definition) is 3. The average Bonchev–Trinajstić information content (AvgIpc) is 2.87. The molecule has 2 aromatic rings. The number of nitrogens with one attached hydrogen (secondary N) is 2. The van der Waals surface area contributed by atoms with Gasteiger partial charge in [-0.05, 0) is 42.7 Å². The topological polar surface area (TPSA) is 84.2 Å². The molecule has 3 amide bonds. The van der Waals surface area contributed by atoms with Crippen molar-refractivity contribution in [1.82, 2.24) is 0 Å². The highest BCUT2D eigenvalue weighted by molar-refractivity contribution is 7.17. The van der Waals surface area contributed by atoms with E-state index < -0.39 is 11.9 Å². The molecule has 0 unspecified atom stereocenters. The highest BCUT2D eigenvalue weighted by Crippen LogP contribution is 2.34. The fourth-order valence-corrected chi connectivity index (χ4v) is 3.77. The van der Waals surface area contributed by atoms with Gasteiger partial charge in [-0.25, -0.2) is 4.79 Å². The predicted molar refractivity (Wildman–Crippen MR) is 100 cm³/mol. The first-order chi connectivity index (χ1) is 11.5. The van der Waals surface area contributed by atoms with E-state index in [9.17, 15) is 9.59 Å². The van der Waals surface area contributed by atoms with Crippen molar-refractivity contribution < 1.29 is 9.59 Å². The molecule has 1 aromatic carbocycles. The number of carbonyl (C=O) groups is 2. The van der Waals surface area contributed by atoms with Crippen LogP contribution in [0.2, 0.25) is 5.02 Å². The van der Waals surface area contributed by atoms with Crippen LogP contribution >= 0.6 is 22.9 Å². The molecule has 0 aliphatic heterocycles. The second-order valence-corrected chi connectivity index (χ2v) is 6.80. The van der Waals surface area contributed by atoms with E-state index in [2.05, 4.69) is 10.6 Å². The van der Waals surface area contributed by atoms with E-state index in [1.165, 1.54) is 11.3 Å². The maximum Gasteiger partial charge on any atom is 0.324 e. The average molecular weight is 366 g/mol. The number of nitrogens with two attached hydrogens (primary N) is 1. The molecule has 24 heavy (non-hydrogen) atoms. The number of aryl methyl sites for hydroxylation is 1. The van der Waals surface area contributed by atoms with Crippen molar-refractivity contribution in [2.75, 3.05) is 10.6 Å². The molecule has 5 nitrogen and oxygen atoms in total. The molecular weight excluding hydrogens is 346 g/mol. The summed E-state index contributed by atoms with van der Waals surface area (Å²) in [4.78, 5) is 25.2. The summed E-state index contributed by atoms with van der Waals surface area (Å²) in [6, 6.07) is 6.35. The lowest BCUT2D eigenvalue weighted by Crippen LogP contribution is -2.22. The molecule has 1 aromatic heterocycles. The van der Waals surface area contributed by atoms with E-state index in [1.807, 2.05) is 13.8 Å². The third kappa shape index (κ3) is 4.27. The second kappa shape index (κ2) is 8.17. The first-order valence-corrected chi connectivity index (χ1v) is 8.93. The van der Waals surface area contributed by atoms with Gasteiger partial charge in [0.15, 0.2) is 0 Å². The molecule has 2 rings (SSSR count). The number of rotatable bonds is 6. The van der Waals surface area contributed by atoms with Crippen LogP contribution in [0.3, 0.4) is 0 Å². The maximum absolute atomic E-state index is 12.2. The zero-order valence-electron chi connectivity index (χ0n) is 13.6. The summed E-state index contributed by atoms with van der Waals surface area (Å²) in [6.45, 7) is 4.07. The Balaban J connectivity index is 2.23. The van der Waals surface area contributed by atoms with Gasteiger partial charge in [-0.1, -0.05) is 31.9 Å². The fraction of sp³-hybridized carbons (Fsp3) is 0.294. The molecule has 0 fully saturated rings. The number of amides is 3. The summed E-state index contributed by atoms with van der Waals surface area (Å²) in [5, 5.41) is 6.54. The summed E-state index contributed by atoms with van der Waals surface area (Å²) in [6.07, 6.45) is 2.46. The van der Waals surface area contributed by atoms with Crippen molar-refractivity contribution in [3.8, 4) is 0 Å². The van der Waals surface area contributed by atoms with Crippen molar-refractivity contribution in [2.45, 2.75) is 33.1 Å². The zero-order chi connectivity index (χ0) is 17.7. The van der Waals surface area contributed by atoms with Crippen molar-refractivity contribution in [2.24, 2.45) is 5.73 Å². The zero-order valence-corrected chi connectivity index (χ0v) is 15.2. The van der Waals surface area contributed by atoms with Gasteiger partial charge in [0.2, 0.25) is 0 Å². The molecule has 0 saturated carbocycles. The van der Waals surface area contributed by atoms with Gasteiger partial charge in [-0.2, -0.15) is 0 Å². The first kappa shape index (κ1) is 18.3. The second-order valence-electron chi connectivity index (χ2n) is 5.26. The highest BCUT2D eigenvalue weighted by Gasteiger charge is 2.22. The van der Waals surface area contributed by atoms with Crippen LogP contribution in [0.1, 0.15) is 41.1 Å². The van der Waals surface area contributed by atoms with E-state index in [-0.39, 0.29) is 0 Å². The number of anilines is 2. The van der Waals surface area contributed by atoms with Crippen LogP contribution in [0, 0.1) is 0 Å². The van der Waals surface area contributed by atoms with Crippen molar-refractivity contribution in [1.29, 1.82) is 0 Å². The number of benzene rings is 1. The van der Waals surface area contributed by atoms with Gasteiger partial charge in [0.25, 0.3) is 5.91 Å². The van der Waals surface area contributed by atoms with Crippen LogP contribution in [-0.4, -0.2) is 11.9 Å². The van der Waals surface area contributed by atoms with E-state index in [0.29, 0.717) is 21.3 Å². The van der Waals surface area contributed by atoms with E-state index in [4.69, 9.17) is 17.3 Å². The Morgan fingerprint density at radius 3 is 2.38 bits per heavy atom. The van der Waals surface area contributed by atoms with Crippen molar-refractivity contribution in [3.05, 3.63) is 45.3 Å². The van der Waals surface area contributed by atoms with E-state index in [0.717, 1.165) is 29.7 Å². The Morgan fingerprint density at radius 2 is 1.83 bits per heavy atom. The van der Waals surface area contributed by atoms with Gasteiger partial charge in [-0.3, -0.25) is 10.1 Å². The van der Waals surface area contributed by atoms with Gasteiger partial charge < -0.3 is 11.1 Å². The van der Waals surface area contributed by atoms with Gasteiger partial charge in [0.05, 0.1) is 5.56 Å². The molecule has 0 aliphatic carbocycles. The molecule has 1 heterocycles. The van der Waals surface area contributed by atoms with Gasteiger partial charge in [0, 0.05) is 15.6 Å². The van der Waals surface area contributed by atoms with Gasteiger partial charge >= 0.3 is 6.03 Å². The summed E-state index contributed by atoms with van der Waals surface area (Å²) < 4.78 is 0. The summed E-state index contributed by atoms with van der Waals surface area (Å²) in [7, 11) is 0. The maximum atomic E-state index is 12.2. The lowest BCUT2D eigenvalue weighted by molar-refractivity contribution is 0.100. The smallest absolute Gasteiger partial charge is 0.324 e. The van der Waals surface area contributed by atoms with Gasteiger partial charge in [-0.15, -0.1) is 11.3 Å². The van der Waals surface area contributed by atoms with Crippen molar-refractivity contribution >= 4 is 45.6 Å². The van der Waals surface area contributed by atoms with Crippen LogP contribution in [0.25, 0.3) is 0 Å². The number of halogens is 1. The van der Waals surface area contributed by atoms with Crippen LogP contribution in [0.4, 0.5) is 15.5 Å². The lowest BCUT2D eigenvalue weighted by Gasteiger charge is -2.08. The fourth-order valence-electron chi connectivity index (χ4n) is 2.46. The number of carbonyl (C=O) groups excluding carboxylic acids is 2. The molecule has 128 valence electrons. The molecule has 4 N–H and O–H groups in total. The molecule has 0 aliphatic rings. The van der Waals surface area contributed by atoms with E-state index >= 15 is 0 Å². The molecular formula is C17H20ClN3O2S. The summed E-state index contributed by atoms with van der Waals surface area (Å²) >= 11 is 7.22. The SMILES string of the molecule is CCCc1c(CC)sc(NC(=O)Nc2ccc(Cl)cc2)c1C(N)=O. The number of urea groups is 1. The predicted octanol–water partition coefficient (Wildman–Crippen LogP) is 4.66. The molecule has 0 spiro atoms. The minimum atomic E-state index is -0.517. The Bertz CT molecular complexity index is 741. The summed E-state index contributed by atoms with van der Waals surface area (Å²) in [5.41, 5.74) is 7.51. The molecule has 0 radical (unpaired) electrons. The number of hydrogen-bond donors (Lipinski definition) is 3. The quantitative estimate of drug-likeness (QED) is 0.695. The third-order valence-electron chi connectivity index (χ3n) is 3.49. The van der Waals surface area contributed by atoms with Crippen LogP contribution < -0.4 is 16.4 Å². The van der Waals surface area contributed by atoms with E-state index in [1.54, 1.807) is 24.3 Å². The molecule has 7 heteroatoms. The van der Waals surface area contributed by atoms with Crippen LogP contribution in [0.15, 0.2) is 24.3 Å².